The third-order valence-corrected chi connectivity index (χ3v) is 4.97. The predicted molar refractivity (Wildman–Crippen MR) is 111 cm³/mol. The van der Waals surface area contributed by atoms with Crippen molar-refractivity contribution in [1.82, 2.24) is 10.2 Å². The highest BCUT2D eigenvalue weighted by Crippen LogP contribution is 2.21. The van der Waals surface area contributed by atoms with E-state index >= 15 is 0 Å². The predicted octanol–water partition coefficient (Wildman–Crippen LogP) is 3.15. The van der Waals surface area contributed by atoms with Gasteiger partial charge in [-0.25, -0.2) is 0 Å². The van der Waals surface area contributed by atoms with Crippen LogP contribution in [0.5, 0.6) is 11.5 Å². The third kappa shape index (κ3) is 6.07. The molecule has 2 aromatic carbocycles. The molecule has 3 rings (SSSR count). The average molecular weight is 410 g/mol. The zero-order chi connectivity index (χ0) is 21.3. The molecule has 158 valence electrons. The summed E-state index contributed by atoms with van der Waals surface area (Å²) in [4.78, 5) is 38.0. The number of hydrogen-bond acceptors (Lipinski definition) is 5. The average Bonchev–Trinajstić information content (AvgIpc) is 2.77. The lowest BCUT2D eigenvalue weighted by molar-refractivity contribution is -0.152. The van der Waals surface area contributed by atoms with Gasteiger partial charge in [-0.1, -0.05) is 18.2 Å². The Hall–Kier alpha value is -3.35. The summed E-state index contributed by atoms with van der Waals surface area (Å²) in [5, 5.41) is 2.50. The van der Waals surface area contributed by atoms with Crippen LogP contribution in [0.1, 0.15) is 36.5 Å². The molecule has 1 aliphatic heterocycles. The molecule has 1 aliphatic rings. The van der Waals surface area contributed by atoms with E-state index in [1.165, 1.54) is 0 Å². The lowest BCUT2D eigenvalue weighted by Crippen LogP contribution is -2.44. The van der Waals surface area contributed by atoms with Gasteiger partial charge in [-0.3, -0.25) is 14.4 Å². The van der Waals surface area contributed by atoms with E-state index in [1.807, 2.05) is 37.3 Å². The molecule has 30 heavy (non-hydrogen) atoms. The van der Waals surface area contributed by atoms with Crippen LogP contribution < -0.4 is 10.1 Å². The van der Waals surface area contributed by atoms with E-state index in [9.17, 15) is 14.4 Å². The fraction of sp³-hybridized carbons (Fsp3) is 0.348. The zero-order valence-electron chi connectivity index (χ0n) is 17.0. The van der Waals surface area contributed by atoms with Gasteiger partial charge in [-0.05, 0) is 62.6 Å². The highest BCUT2D eigenvalue weighted by Gasteiger charge is 2.24. The number of benzene rings is 2. The number of para-hydroxylation sites is 1. The number of amides is 2. The minimum Gasteiger partial charge on any atom is -0.457 e. The highest BCUT2D eigenvalue weighted by molar-refractivity contribution is 5.96. The first-order valence-electron chi connectivity index (χ1n) is 10.1. The largest absolute Gasteiger partial charge is 0.457 e. The number of nitrogens with one attached hydrogen (secondary N) is 1. The Morgan fingerprint density at radius 3 is 2.40 bits per heavy atom. The van der Waals surface area contributed by atoms with Crippen LogP contribution >= 0.6 is 0 Å². The van der Waals surface area contributed by atoms with Crippen LogP contribution in [0.15, 0.2) is 54.6 Å². The number of piperidine rings is 1. The summed E-state index contributed by atoms with van der Waals surface area (Å²) in [5.74, 6) is 0.0454. The maximum Gasteiger partial charge on any atom is 0.325 e. The molecule has 0 spiro atoms. The van der Waals surface area contributed by atoms with E-state index < -0.39 is 11.9 Å². The topological polar surface area (TPSA) is 84.9 Å². The molecule has 2 amide bonds. The molecular formula is C23H26N2O5. The van der Waals surface area contributed by atoms with Gasteiger partial charge in [0.15, 0.2) is 6.61 Å². The number of rotatable bonds is 7. The molecule has 0 radical (unpaired) electrons. The molecule has 0 saturated carbocycles. The molecule has 1 fully saturated rings. The van der Waals surface area contributed by atoms with Crippen LogP contribution in [0.25, 0.3) is 0 Å². The zero-order valence-corrected chi connectivity index (χ0v) is 17.0. The van der Waals surface area contributed by atoms with Gasteiger partial charge in [0.2, 0.25) is 0 Å². The molecule has 1 saturated heterocycles. The summed E-state index contributed by atoms with van der Waals surface area (Å²) in [7, 11) is 0. The normalized spacial score (nSPS) is 15.9. The lowest BCUT2D eigenvalue weighted by atomic mass is 10.0. The minimum atomic E-state index is -0.648. The Balaban J connectivity index is 1.41. The van der Waals surface area contributed by atoms with E-state index in [2.05, 4.69) is 5.32 Å². The number of nitrogens with zero attached hydrogens (tertiary/aromatic N) is 1. The van der Waals surface area contributed by atoms with Crippen molar-refractivity contribution < 1.29 is 23.9 Å². The molecule has 1 heterocycles. The molecule has 0 aliphatic carbocycles. The van der Waals surface area contributed by atoms with Crippen molar-refractivity contribution in [2.24, 2.45) is 0 Å². The summed E-state index contributed by atoms with van der Waals surface area (Å²) < 4.78 is 10.7. The second-order valence-electron chi connectivity index (χ2n) is 7.21. The molecule has 1 N–H and O–H groups in total. The Labute approximate surface area is 176 Å². The van der Waals surface area contributed by atoms with E-state index in [1.54, 1.807) is 29.2 Å². The molecule has 7 nitrogen and oxygen atoms in total. The Kier molecular flexibility index (Phi) is 7.43. The third-order valence-electron chi connectivity index (χ3n) is 4.97. The number of carbonyl (C=O) groups excluding carboxylic acids is 3. The number of likely N-dealkylation sites (tertiary alicyclic amines) is 1. The fourth-order valence-electron chi connectivity index (χ4n) is 3.30. The van der Waals surface area contributed by atoms with Crippen LogP contribution in [0.4, 0.5) is 0 Å². The molecule has 1 atom stereocenters. The molecule has 0 unspecified atom stereocenters. The van der Waals surface area contributed by atoms with E-state index in [-0.39, 0.29) is 25.1 Å². The van der Waals surface area contributed by atoms with E-state index in [4.69, 9.17) is 9.47 Å². The maximum atomic E-state index is 12.2. The minimum absolute atomic E-state index is 0.165. The number of ether oxygens (including phenoxy) is 2. The number of esters is 1. The first-order chi connectivity index (χ1) is 14.5. The first kappa shape index (κ1) is 21.4. The van der Waals surface area contributed by atoms with E-state index in [0.29, 0.717) is 23.6 Å². The number of carbonyl (C=O) groups is 3. The SMILES string of the molecule is C[C@H]1CCCCN1C(=O)COC(=O)CNC(=O)c1ccc(Oc2ccccc2)cc1. The number of hydrogen-bond donors (Lipinski definition) is 1. The molecule has 2 aromatic rings. The van der Waals surface area contributed by atoms with Crippen LogP contribution in [0.3, 0.4) is 0 Å². The van der Waals surface area contributed by atoms with Gasteiger partial charge in [0.25, 0.3) is 11.8 Å². The molecule has 0 aromatic heterocycles. The van der Waals surface area contributed by atoms with Crippen molar-refractivity contribution in [3.8, 4) is 11.5 Å². The Morgan fingerprint density at radius 2 is 1.70 bits per heavy atom. The monoisotopic (exact) mass is 410 g/mol. The highest BCUT2D eigenvalue weighted by atomic mass is 16.5. The smallest absolute Gasteiger partial charge is 0.325 e. The van der Waals surface area contributed by atoms with Gasteiger partial charge in [0.05, 0.1) is 0 Å². The van der Waals surface area contributed by atoms with Crippen molar-refractivity contribution >= 4 is 17.8 Å². The molecule has 7 heteroatoms. The summed E-state index contributed by atoms with van der Waals surface area (Å²) >= 11 is 0. The standard InChI is InChI=1S/C23H26N2O5/c1-17-7-5-6-14-25(17)21(26)16-29-22(27)15-24-23(28)18-10-12-20(13-11-18)30-19-8-3-2-4-9-19/h2-4,8-13,17H,5-7,14-16H2,1H3,(H,24,28)/t17-/m0/s1. The van der Waals surface area contributed by atoms with Gasteiger partial charge < -0.3 is 19.7 Å². The van der Waals surface area contributed by atoms with Crippen molar-refractivity contribution in [1.29, 1.82) is 0 Å². The van der Waals surface area contributed by atoms with Crippen molar-refractivity contribution in [2.75, 3.05) is 19.7 Å². The summed E-state index contributed by atoms with van der Waals surface area (Å²) in [6.07, 6.45) is 3.04. The molecular weight excluding hydrogens is 384 g/mol. The summed E-state index contributed by atoms with van der Waals surface area (Å²) in [6, 6.07) is 16.1. The summed E-state index contributed by atoms with van der Waals surface area (Å²) in [5.41, 5.74) is 0.390. The summed E-state index contributed by atoms with van der Waals surface area (Å²) in [6.45, 7) is 2.09. The van der Waals surface area contributed by atoms with Gasteiger partial charge >= 0.3 is 5.97 Å². The van der Waals surface area contributed by atoms with Crippen LogP contribution in [-0.4, -0.2) is 48.4 Å². The van der Waals surface area contributed by atoms with Gasteiger partial charge in [0.1, 0.15) is 18.0 Å². The second-order valence-corrected chi connectivity index (χ2v) is 7.21. The molecule has 0 bridgehead atoms. The Bertz CT molecular complexity index is 867. The second kappa shape index (κ2) is 10.4. The van der Waals surface area contributed by atoms with Crippen molar-refractivity contribution in [2.45, 2.75) is 32.2 Å². The van der Waals surface area contributed by atoms with Crippen LogP contribution in [-0.2, 0) is 14.3 Å². The van der Waals surface area contributed by atoms with Crippen LogP contribution in [0.2, 0.25) is 0 Å². The van der Waals surface area contributed by atoms with Crippen molar-refractivity contribution in [3.05, 3.63) is 60.2 Å². The maximum absolute atomic E-state index is 12.2. The lowest BCUT2D eigenvalue weighted by Gasteiger charge is -2.33. The quantitative estimate of drug-likeness (QED) is 0.709. The Morgan fingerprint density at radius 1 is 1.00 bits per heavy atom. The van der Waals surface area contributed by atoms with Gasteiger partial charge in [0, 0.05) is 18.2 Å². The van der Waals surface area contributed by atoms with Crippen molar-refractivity contribution in [3.63, 3.8) is 0 Å². The van der Waals surface area contributed by atoms with Gasteiger partial charge in [-0.15, -0.1) is 0 Å². The van der Waals surface area contributed by atoms with Gasteiger partial charge in [-0.2, -0.15) is 0 Å². The van der Waals surface area contributed by atoms with Crippen LogP contribution in [0, 0.1) is 0 Å². The first-order valence-corrected chi connectivity index (χ1v) is 10.1. The van der Waals surface area contributed by atoms with E-state index in [0.717, 1.165) is 19.3 Å². The fourth-order valence-corrected chi connectivity index (χ4v) is 3.30.